The summed E-state index contributed by atoms with van der Waals surface area (Å²) in [5.41, 5.74) is 5.80. The molecule has 0 aliphatic carbocycles. The zero-order valence-corrected chi connectivity index (χ0v) is 21.7. The van der Waals surface area contributed by atoms with Crippen LogP contribution in [0.15, 0.2) is 79.1 Å². The van der Waals surface area contributed by atoms with Gasteiger partial charge in [0.15, 0.2) is 5.11 Å². The van der Waals surface area contributed by atoms with E-state index < -0.39 is 0 Å². The molecule has 2 atom stereocenters. The first kappa shape index (κ1) is 24.6. The predicted molar refractivity (Wildman–Crippen MR) is 148 cm³/mol. The van der Waals surface area contributed by atoms with E-state index in [0.29, 0.717) is 10.8 Å². The van der Waals surface area contributed by atoms with Gasteiger partial charge < -0.3 is 24.8 Å². The average Bonchev–Trinajstić information content (AvgIpc) is 3.40. The molecule has 9 heteroatoms. The van der Waals surface area contributed by atoms with Gasteiger partial charge in [-0.3, -0.25) is 9.78 Å². The third-order valence-corrected chi connectivity index (χ3v) is 6.78. The van der Waals surface area contributed by atoms with E-state index in [9.17, 15) is 4.79 Å². The topological polar surface area (TPSA) is 84.3 Å². The van der Waals surface area contributed by atoms with Gasteiger partial charge in [0.05, 0.1) is 17.8 Å². The molecule has 1 amide bonds. The highest BCUT2D eigenvalue weighted by Crippen LogP contribution is 2.43. The number of aryl methyl sites for hydroxylation is 1. The molecule has 3 aromatic heterocycles. The fraction of sp³-hybridized carbons (Fsp3) is 0.214. The van der Waals surface area contributed by atoms with Crippen molar-refractivity contribution < 1.29 is 9.53 Å². The van der Waals surface area contributed by atoms with Crippen LogP contribution in [0.5, 0.6) is 0 Å². The van der Waals surface area contributed by atoms with Crippen molar-refractivity contribution in [3.8, 4) is 5.82 Å². The molecule has 2 N–H and O–H groups in total. The second-order valence-electron chi connectivity index (χ2n) is 8.87. The van der Waals surface area contributed by atoms with Crippen LogP contribution in [0.2, 0.25) is 0 Å². The number of nitrogens with one attached hydrogen (secondary N) is 2. The molecule has 8 nitrogen and oxygen atoms in total. The highest BCUT2D eigenvalue weighted by molar-refractivity contribution is 7.80. The summed E-state index contributed by atoms with van der Waals surface area (Å²) in [6, 6.07) is 21.4. The van der Waals surface area contributed by atoms with Crippen LogP contribution in [0.25, 0.3) is 5.82 Å². The molecule has 1 aromatic carbocycles. The highest BCUT2D eigenvalue weighted by Gasteiger charge is 2.42. The summed E-state index contributed by atoms with van der Waals surface area (Å²) in [5, 5.41) is 6.96. The molecule has 1 aliphatic heterocycles. The number of hydrogen-bond acceptors (Lipinski definition) is 5. The number of carbonyl (C=O) groups is 1. The third kappa shape index (κ3) is 4.83. The number of pyridine rings is 2. The molecule has 5 rings (SSSR count). The number of anilines is 2. The minimum atomic E-state index is -0.205. The van der Waals surface area contributed by atoms with Crippen LogP contribution in [0.4, 0.5) is 11.4 Å². The smallest absolute Gasteiger partial charge is 0.250 e. The van der Waals surface area contributed by atoms with Gasteiger partial charge in [-0.15, -0.1) is 0 Å². The number of nitrogens with zero attached hydrogens (tertiary/aromatic N) is 4. The number of rotatable bonds is 7. The molecule has 0 saturated carbocycles. The SMILES string of the molecule is COCC(=O)Nc1ccc(N2C(=S)N[C@@H](c3ccccn3)[C@H]2c2cc(C)n(-c3ccccn3)c2C)cc1. The summed E-state index contributed by atoms with van der Waals surface area (Å²) in [7, 11) is 1.49. The van der Waals surface area contributed by atoms with Gasteiger partial charge in [-0.1, -0.05) is 12.1 Å². The maximum atomic E-state index is 11.9. The van der Waals surface area contributed by atoms with Crippen LogP contribution in [-0.4, -0.2) is 39.3 Å². The van der Waals surface area contributed by atoms with Crippen molar-refractivity contribution in [3.05, 3.63) is 102 Å². The first-order valence-corrected chi connectivity index (χ1v) is 12.4. The van der Waals surface area contributed by atoms with E-state index in [-0.39, 0.29) is 24.6 Å². The lowest BCUT2D eigenvalue weighted by Gasteiger charge is -2.28. The predicted octanol–water partition coefficient (Wildman–Crippen LogP) is 4.65. The second kappa shape index (κ2) is 10.5. The molecule has 0 spiro atoms. The van der Waals surface area contributed by atoms with E-state index in [2.05, 4.69) is 50.0 Å². The summed E-state index contributed by atoms with van der Waals surface area (Å²) >= 11 is 5.87. The maximum absolute atomic E-state index is 11.9. The van der Waals surface area contributed by atoms with Gasteiger partial charge in [0.2, 0.25) is 5.91 Å². The van der Waals surface area contributed by atoms with E-state index in [1.165, 1.54) is 7.11 Å². The van der Waals surface area contributed by atoms with Gasteiger partial charge in [0.25, 0.3) is 0 Å². The fourth-order valence-corrected chi connectivity index (χ4v) is 5.25. The van der Waals surface area contributed by atoms with Gasteiger partial charge in [-0.25, -0.2) is 4.98 Å². The first-order valence-electron chi connectivity index (χ1n) is 12.0. The zero-order chi connectivity index (χ0) is 25.9. The number of benzene rings is 1. The molecule has 4 heterocycles. The van der Waals surface area contributed by atoms with Crippen LogP contribution in [0.1, 0.15) is 34.7 Å². The molecular formula is C28H28N6O2S. The van der Waals surface area contributed by atoms with Crippen LogP contribution in [0, 0.1) is 13.8 Å². The van der Waals surface area contributed by atoms with Gasteiger partial charge in [-0.2, -0.15) is 0 Å². The quantitative estimate of drug-likeness (QED) is 0.349. The number of thiocarbonyl (C=S) groups is 1. The second-order valence-corrected chi connectivity index (χ2v) is 9.26. The van der Waals surface area contributed by atoms with Crippen molar-refractivity contribution in [1.29, 1.82) is 0 Å². The zero-order valence-electron chi connectivity index (χ0n) is 20.9. The molecular weight excluding hydrogens is 484 g/mol. The number of carbonyl (C=O) groups excluding carboxylic acids is 1. The number of methoxy groups -OCH3 is 1. The van der Waals surface area contributed by atoms with Crippen molar-refractivity contribution in [3.63, 3.8) is 0 Å². The van der Waals surface area contributed by atoms with Crippen LogP contribution in [-0.2, 0) is 9.53 Å². The lowest BCUT2D eigenvalue weighted by atomic mass is 9.96. The Labute approximate surface area is 221 Å². The highest BCUT2D eigenvalue weighted by atomic mass is 32.1. The Morgan fingerprint density at radius 3 is 2.43 bits per heavy atom. The van der Waals surface area contributed by atoms with Crippen LogP contribution < -0.4 is 15.5 Å². The summed E-state index contributed by atoms with van der Waals surface area (Å²) in [6.07, 6.45) is 3.60. The Morgan fingerprint density at radius 2 is 1.78 bits per heavy atom. The standard InChI is InChI=1S/C28H28N6O2S/c1-18-16-22(19(2)33(18)24-9-5-7-15-30-24)27-26(23-8-4-6-14-29-23)32-28(37)34(27)21-12-10-20(11-13-21)31-25(35)17-36-3/h4-16,26-27H,17H2,1-3H3,(H,31,35)(H,32,37)/t26-,27+/m0/s1. The number of aromatic nitrogens is 3. The molecule has 0 radical (unpaired) electrons. The Morgan fingerprint density at radius 1 is 1.05 bits per heavy atom. The Bertz CT molecular complexity index is 1410. The van der Waals surface area contributed by atoms with Crippen molar-refractivity contribution in [2.24, 2.45) is 0 Å². The van der Waals surface area contributed by atoms with E-state index in [0.717, 1.165) is 34.2 Å². The largest absolute Gasteiger partial charge is 0.375 e. The summed E-state index contributed by atoms with van der Waals surface area (Å²) < 4.78 is 7.07. The lowest BCUT2D eigenvalue weighted by molar-refractivity contribution is -0.119. The molecule has 1 saturated heterocycles. The Balaban J connectivity index is 1.57. The van der Waals surface area contributed by atoms with Crippen molar-refractivity contribution in [1.82, 2.24) is 19.9 Å². The van der Waals surface area contributed by atoms with Gasteiger partial charge in [-0.05, 0) is 86.2 Å². The molecule has 188 valence electrons. The lowest BCUT2D eigenvalue weighted by Crippen LogP contribution is -2.29. The van der Waals surface area contributed by atoms with Crippen molar-refractivity contribution in [2.75, 3.05) is 23.9 Å². The minimum Gasteiger partial charge on any atom is -0.375 e. The molecule has 1 aliphatic rings. The summed E-state index contributed by atoms with van der Waals surface area (Å²) in [6.45, 7) is 4.20. The fourth-order valence-electron chi connectivity index (χ4n) is 4.91. The number of hydrogen-bond donors (Lipinski definition) is 2. The molecule has 37 heavy (non-hydrogen) atoms. The van der Waals surface area contributed by atoms with Gasteiger partial charge in [0.1, 0.15) is 12.4 Å². The summed E-state index contributed by atoms with van der Waals surface area (Å²) in [5.74, 6) is 0.665. The van der Waals surface area contributed by atoms with Crippen molar-refractivity contribution >= 4 is 34.6 Å². The van der Waals surface area contributed by atoms with Gasteiger partial charge in [0, 0.05) is 42.3 Å². The summed E-state index contributed by atoms with van der Waals surface area (Å²) in [4.78, 5) is 23.3. The van der Waals surface area contributed by atoms with Gasteiger partial charge >= 0.3 is 0 Å². The molecule has 0 bridgehead atoms. The van der Waals surface area contributed by atoms with Crippen LogP contribution >= 0.6 is 12.2 Å². The first-order chi connectivity index (χ1) is 18.0. The minimum absolute atomic E-state index is 0.00159. The molecule has 1 fully saturated rings. The van der Waals surface area contributed by atoms with E-state index >= 15 is 0 Å². The Kier molecular flexibility index (Phi) is 6.98. The van der Waals surface area contributed by atoms with Crippen LogP contribution in [0.3, 0.4) is 0 Å². The van der Waals surface area contributed by atoms with Crippen molar-refractivity contribution in [2.45, 2.75) is 25.9 Å². The monoisotopic (exact) mass is 512 g/mol. The number of ether oxygens (including phenoxy) is 1. The Hall–Kier alpha value is -4.08. The molecule has 0 unspecified atom stereocenters. The van der Waals surface area contributed by atoms with E-state index in [4.69, 9.17) is 17.0 Å². The third-order valence-electron chi connectivity index (χ3n) is 6.47. The normalized spacial score (nSPS) is 17.1. The number of amides is 1. The maximum Gasteiger partial charge on any atom is 0.250 e. The van der Waals surface area contributed by atoms with E-state index in [1.54, 1.807) is 12.4 Å². The average molecular weight is 513 g/mol. The van der Waals surface area contributed by atoms with E-state index in [1.807, 2.05) is 60.7 Å². The molecule has 4 aromatic rings.